The van der Waals surface area contributed by atoms with Crippen LogP contribution in [0.1, 0.15) is 18.4 Å². The van der Waals surface area contributed by atoms with Gasteiger partial charge in [-0.3, -0.25) is 4.21 Å². The second kappa shape index (κ2) is 5.71. The Kier molecular flexibility index (Phi) is 4.25. The third kappa shape index (κ3) is 3.34. The van der Waals surface area contributed by atoms with Gasteiger partial charge in [0.15, 0.2) is 0 Å². The molecule has 2 atom stereocenters. The number of hydrogen-bond acceptors (Lipinski definition) is 4. The summed E-state index contributed by atoms with van der Waals surface area (Å²) in [5.41, 5.74) is 6.78. The lowest BCUT2D eigenvalue weighted by Gasteiger charge is -2.06. The molecule has 1 aromatic heterocycles. The number of benzene rings is 1. The lowest BCUT2D eigenvalue weighted by molar-refractivity contribution is 0.663. The minimum absolute atomic E-state index is 0.0326. The molecular weight excluding hydrogens is 252 g/mol. The Bertz CT molecular complexity index is 491. The van der Waals surface area contributed by atoms with E-state index < -0.39 is 10.8 Å². The molecule has 0 saturated heterocycles. The minimum Gasteiger partial charge on any atom is -0.327 e. The molecule has 3 nitrogen and oxygen atoms in total. The molecule has 2 rings (SSSR count). The van der Waals surface area contributed by atoms with E-state index in [2.05, 4.69) is 4.98 Å². The maximum absolute atomic E-state index is 11.9. The second-order valence-electron chi connectivity index (χ2n) is 3.99. The molecule has 0 radical (unpaired) electrons. The highest BCUT2D eigenvalue weighted by Crippen LogP contribution is 2.22. The van der Waals surface area contributed by atoms with Crippen LogP contribution in [0.5, 0.6) is 0 Å². The van der Waals surface area contributed by atoms with Crippen molar-refractivity contribution in [3.63, 3.8) is 0 Å². The van der Waals surface area contributed by atoms with Crippen LogP contribution in [0.4, 0.5) is 0 Å². The summed E-state index contributed by atoms with van der Waals surface area (Å²) in [5, 5.41) is 0.938. The van der Waals surface area contributed by atoms with Gasteiger partial charge >= 0.3 is 0 Å². The molecule has 5 heteroatoms. The molecule has 1 aromatic carbocycles. The number of nitrogens with two attached hydrogens (primary N) is 1. The molecule has 2 N–H and O–H groups in total. The summed E-state index contributed by atoms with van der Waals surface area (Å²) in [6.45, 7) is 2.01. The maximum atomic E-state index is 11.9. The first-order valence-corrected chi connectivity index (χ1v) is 7.94. The van der Waals surface area contributed by atoms with E-state index in [0.717, 1.165) is 21.6 Å². The van der Waals surface area contributed by atoms with Crippen molar-refractivity contribution in [2.45, 2.75) is 25.1 Å². The molecule has 2 aromatic rings. The Hall–Kier alpha value is -0.780. The molecule has 0 bridgehead atoms. The smallest absolute Gasteiger partial charge is 0.106 e. The average molecular weight is 268 g/mol. The minimum atomic E-state index is -0.905. The van der Waals surface area contributed by atoms with Gasteiger partial charge < -0.3 is 5.73 Å². The zero-order valence-electron chi connectivity index (χ0n) is 9.76. The first kappa shape index (κ1) is 12.7. The maximum Gasteiger partial charge on any atom is 0.106 e. The van der Waals surface area contributed by atoms with E-state index in [1.807, 2.05) is 31.2 Å². The summed E-state index contributed by atoms with van der Waals surface area (Å²) in [6.07, 6.45) is 0.867. The van der Waals surface area contributed by atoms with Gasteiger partial charge in [-0.25, -0.2) is 4.98 Å². The highest BCUT2D eigenvalue weighted by molar-refractivity contribution is 7.84. The Labute approximate surface area is 108 Å². The van der Waals surface area contributed by atoms with Crippen molar-refractivity contribution in [2.24, 2.45) is 5.73 Å². The van der Waals surface area contributed by atoms with Crippen LogP contribution >= 0.6 is 11.3 Å². The van der Waals surface area contributed by atoms with Crippen molar-refractivity contribution >= 4 is 32.4 Å². The highest BCUT2D eigenvalue weighted by atomic mass is 32.2. The molecule has 0 fully saturated rings. The molecule has 92 valence electrons. The number of aromatic nitrogens is 1. The van der Waals surface area contributed by atoms with Gasteiger partial charge in [-0.1, -0.05) is 19.1 Å². The molecule has 0 amide bonds. The molecular formula is C12H16N2OS2. The van der Waals surface area contributed by atoms with Crippen LogP contribution < -0.4 is 5.73 Å². The van der Waals surface area contributed by atoms with Crippen molar-refractivity contribution in [1.82, 2.24) is 4.98 Å². The number of fused-ring (bicyclic) bond motifs is 1. The van der Waals surface area contributed by atoms with Crippen LogP contribution in [0.15, 0.2) is 24.3 Å². The Balaban J connectivity index is 2.05. The van der Waals surface area contributed by atoms with Gasteiger partial charge in [-0.05, 0) is 18.6 Å². The van der Waals surface area contributed by atoms with E-state index in [-0.39, 0.29) is 6.04 Å². The molecule has 0 spiro atoms. The van der Waals surface area contributed by atoms with Gasteiger partial charge in [0.1, 0.15) is 5.01 Å². The first-order chi connectivity index (χ1) is 8.19. The lowest BCUT2D eigenvalue weighted by Crippen LogP contribution is -2.26. The predicted molar refractivity (Wildman–Crippen MR) is 74.6 cm³/mol. The Morgan fingerprint density at radius 1 is 1.47 bits per heavy atom. The lowest BCUT2D eigenvalue weighted by atomic mass is 10.3. The summed E-state index contributed by atoms with van der Waals surface area (Å²) < 4.78 is 13.0. The Morgan fingerprint density at radius 3 is 2.94 bits per heavy atom. The fourth-order valence-corrected chi connectivity index (χ4v) is 4.10. The van der Waals surface area contributed by atoms with Crippen molar-refractivity contribution in [1.29, 1.82) is 0 Å². The van der Waals surface area contributed by atoms with Crippen LogP contribution in [0, 0.1) is 0 Å². The van der Waals surface area contributed by atoms with E-state index in [0.29, 0.717) is 11.5 Å². The molecule has 0 saturated carbocycles. The normalized spacial score (nSPS) is 14.9. The monoisotopic (exact) mass is 268 g/mol. The van der Waals surface area contributed by atoms with Crippen LogP contribution in [0.3, 0.4) is 0 Å². The first-order valence-electron chi connectivity index (χ1n) is 5.64. The molecule has 0 aliphatic carbocycles. The van der Waals surface area contributed by atoms with E-state index >= 15 is 0 Å². The standard InChI is InChI=1S/C12H16N2OS2/c1-2-9(13)7-17(15)8-12-14-10-5-3-4-6-11(10)16-12/h3-6,9H,2,7-8,13H2,1H3. The summed E-state index contributed by atoms with van der Waals surface area (Å²) in [4.78, 5) is 4.47. The molecule has 0 aliphatic rings. The van der Waals surface area contributed by atoms with Crippen molar-refractivity contribution in [2.75, 3.05) is 5.75 Å². The van der Waals surface area contributed by atoms with Gasteiger partial charge in [-0.15, -0.1) is 11.3 Å². The van der Waals surface area contributed by atoms with Crippen LogP contribution in [0.2, 0.25) is 0 Å². The van der Waals surface area contributed by atoms with E-state index in [1.54, 1.807) is 11.3 Å². The second-order valence-corrected chi connectivity index (χ2v) is 6.61. The third-order valence-electron chi connectivity index (χ3n) is 2.55. The van der Waals surface area contributed by atoms with Gasteiger partial charge in [0.05, 0.1) is 16.0 Å². The molecule has 0 aliphatic heterocycles. The van der Waals surface area contributed by atoms with Crippen molar-refractivity contribution in [3.05, 3.63) is 29.3 Å². The topological polar surface area (TPSA) is 56.0 Å². The van der Waals surface area contributed by atoms with E-state index in [9.17, 15) is 4.21 Å². The van der Waals surface area contributed by atoms with Crippen molar-refractivity contribution in [3.8, 4) is 0 Å². The van der Waals surface area contributed by atoms with Gasteiger partial charge in [0.2, 0.25) is 0 Å². The number of para-hydroxylation sites is 1. The van der Waals surface area contributed by atoms with E-state index in [1.165, 1.54) is 0 Å². The number of thiazole rings is 1. The van der Waals surface area contributed by atoms with Crippen LogP contribution in [-0.2, 0) is 16.6 Å². The number of rotatable bonds is 5. The van der Waals surface area contributed by atoms with Gasteiger partial charge in [-0.2, -0.15) is 0 Å². The molecule has 17 heavy (non-hydrogen) atoms. The fourth-order valence-electron chi connectivity index (χ4n) is 1.53. The summed E-state index contributed by atoms with van der Waals surface area (Å²) >= 11 is 1.62. The zero-order valence-corrected chi connectivity index (χ0v) is 11.4. The van der Waals surface area contributed by atoms with Gasteiger partial charge in [0, 0.05) is 22.6 Å². The predicted octanol–water partition coefficient (Wildman–Crippen LogP) is 2.28. The van der Waals surface area contributed by atoms with E-state index in [4.69, 9.17) is 5.73 Å². The largest absolute Gasteiger partial charge is 0.327 e. The number of hydrogen-bond donors (Lipinski definition) is 1. The Morgan fingerprint density at radius 2 is 2.24 bits per heavy atom. The summed E-state index contributed by atoms with van der Waals surface area (Å²) in [5.74, 6) is 1.08. The number of nitrogens with zero attached hydrogens (tertiary/aromatic N) is 1. The van der Waals surface area contributed by atoms with Gasteiger partial charge in [0.25, 0.3) is 0 Å². The average Bonchev–Trinajstić information content (AvgIpc) is 2.70. The molecule has 2 unspecified atom stereocenters. The summed E-state index contributed by atoms with van der Waals surface area (Å²) in [7, 11) is -0.905. The van der Waals surface area contributed by atoms with Crippen LogP contribution in [-0.4, -0.2) is 21.0 Å². The quantitative estimate of drug-likeness (QED) is 0.905. The summed E-state index contributed by atoms with van der Waals surface area (Å²) in [6, 6.07) is 8.02. The SMILES string of the molecule is CCC(N)CS(=O)Cc1nc2ccccc2s1. The van der Waals surface area contributed by atoms with Crippen molar-refractivity contribution < 1.29 is 4.21 Å². The zero-order chi connectivity index (χ0) is 12.3. The molecule has 1 heterocycles. The van der Waals surface area contributed by atoms with Crippen LogP contribution in [0.25, 0.3) is 10.2 Å². The third-order valence-corrected chi connectivity index (χ3v) is 5.16. The fraction of sp³-hybridized carbons (Fsp3) is 0.417. The highest BCUT2D eigenvalue weighted by Gasteiger charge is 2.10.